The minimum absolute atomic E-state index is 0.0914. The molecule has 0 saturated carbocycles. The van der Waals surface area contributed by atoms with Crippen LogP contribution in [0.4, 0.5) is 11.5 Å². The molecule has 7 nitrogen and oxygen atoms in total. The third-order valence-corrected chi connectivity index (χ3v) is 2.54. The van der Waals surface area contributed by atoms with Gasteiger partial charge in [0.1, 0.15) is 18.2 Å². The first kappa shape index (κ1) is 13.0. The average molecular weight is 281 g/mol. The Kier molecular flexibility index (Phi) is 3.76. The predicted molar refractivity (Wildman–Crippen MR) is 68.9 cm³/mol. The number of anilines is 1. The zero-order chi connectivity index (χ0) is 13.8. The summed E-state index contributed by atoms with van der Waals surface area (Å²) in [4.78, 5) is 18.0. The molecule has 8 heteroatoms. The molecule has 0 aliphatic rings. The van der Waals surface area contributed by atoms with Crippen molar-refractivity contribution in [1.29, 1.82) is 0 Å². The van der Waals surface area contributed by atoms with Gasteiger partial charge in [0.15, 0.2) is 0 Å². The van der Waals surface area contributed by atoms with Crippen LogP contribution in [-0.4, -0.2) is 14.9 Å². The van der Waals surface area contributed by atoms with E-state index in [-0.39, 0.29) is 23.1 Å². The summed E-state index contributed by atoms with van der Waals surface area (Å²) in [7, 11) is 0. The normalized spacial score (nSPS) is 10.2. The Labute approximate surface area is 113 Å². The molecule has 0 atom stereocenters. The van der Waals surface area contributed by atoms with Crippen molar-refractivity contribution in [1.82, 2.24) is 9.97 Å². The van der Waals surface area contributed by atoms with Gasteiger partial charge in [-0.2, -0.15) is 0 Å². The number of hydrogen-bond acceptors (Lipinski definition) is 6. The molecule has 98 valence electrons. The Bertz CT molecular complexity index is 603. The van der Waals surface area contributed by atoms with Crippen LogP contribution in [0.2, 0.25) is 5.02 Å². The molecule has 0 unspecified atom stereocenters. The molecule has 1 aromatic carbocycles. The fraction of sp³-hybridized carbons (Fsp3) is 0.0909. The molecule has 0 aliphatic heterocycles. The van der Waals surface area contributed by atoms with E-state index in [1.165, 1.54) is 30.6 Å². The van der Waals surface area contributed by atoms with E-state index in [1.54, 1.807) is 0 Å². The number of nitro groups is 1. The second-order valence-corrected chi connectivity index (χ2v) is 4.00. The highest BCUT2D eigenvalue weighted by Gasteiger charge is 2.11. The maximum Gasteiger partial charge on any atom is 0.273 e. The molecular weight excluding hydrogens is 272 g/mol. The van der Waals surface area contributed by atoms with E-state index >= 15 is 0 Å². The van der Waals surface area contributed by atoms with Gasteiger partial charge in [-0.3, -0.25) is 15.1 Å². The number of rotatable bonds is 4. The number of nitrogen functional groups attached to an aromatic ring is 1. The van der Waals surface area contributed by atoms with Gasteiger partial charge in [-0.15, -0.1) is 0 Å². The van der Waals surface area contributed by atoms with Crippen molar-refractivity contribution in [2.75, 3.05) is 5.73 Å². The minimum Gasteiger partial charge on any atom is -0.485 e. The largest absolute Gasteiger partial charge is 0.485 e. The van der Waals surface area contributed by atoms with E-state index in [9.17, 15) is 10.1 Å². The number of aromatic nitrogens is 2. The van der Waals surface area contributed by atoms with E-state index in [0.29, 0.717) is 11.5 Å². The van der Waals surface area contributed by atoms with Gasteiger partial charge in [0.2, 0.25) is 0 Å². The van der Waals surface area contributed by atoms with Crippen LogP contribution < -0.4 is 10.5 Å². The van der Waals surface area contributed by atoms with Crippen molar-refractivity contribution < 1.29 is 9.66 Å². The van der Waals surface area contributed by atoms with Crippen LogP contribution in [0.3, 0.4) is 0 Å². The fourth-order valence-electron chi connectivity index (χ4n) is 1.31. The van der Waals surface area contributed by atoms with Crippen LogP contribution in [0.15, 0.2) is 30.6 Å². The van der Waals surface area contributed by atoms with E-state index in [1.807, 2.05) is 0 Å². The molecule has 0 fully saturated rings. The van der Waals surface area contributed by atoms with Gasteiger partial charge in [-0.05, 0) is 6.07 Å². The number of nitro benzene ring substituents is 1. The third kappa shape index (κ3) is 3.29. The molecule has 2 aromatic rings. The molecule has 0 radical (unpaired) electrons. The summed E-state index contributed by atoms with van der Waals surface area (Å²) in [6.07, 6.45) is 2.86. The average Bonchev–Trinajstić information content (AvgIpc) is 2.39. The minimum atomic E-state index is -0.522. The van der Waals surface area contributed by atoms with Crippen LogP contribution in [0.1, 0.15) is 5.69 Å². The molecule has 1 heterocycles. The monoisotopic (exact) mass is 280 g/mol. The maximum absolute atomic E-state index is 10.6. The third-order valence-electron chi connectivity index (χ3n) is 2.23. The fourth-order valence-corrected chi connectivity index (χ4v) is 1.48. The summed E-state index contributed by atoms with van der Waals surface area (Å²) in [5, 5.41) is 10.9. The Morgan fingerprint density at radius 2 is 2.16 bits per heavy atom. The van der Waals surface area contributed by atoms with Gasteiger partial charge in [-0.1, -0.05) is 11.6 Å². The Morgan fingerprint density at radius 1 is 1.37 bits per heavy atom. The van der Waals surface area contributed by atoms with Gasteiger partial charge in [-0.25, -0.2) is 4.98 Å². The molecule has 0 saturated heterocycles. The van der Waals surface area contributed by atoms with Gasteiger partial charge in [0.05, 0.1) is 34.1 Å². The molecule has 0 amide bonds. The summed E-state index contributed by atoms with van der Waals surface area (Å²) in [6, 6.07) is 3.97. The first-order valence-corrected chi connectivity index (χ1v) is 5.57. The number of halogens is 1. The van der Waals surface area contributed by atoms with Crippen LogP contribution in [0, 0.1) is 10.1 Å². The van der Waals surface area contributed by atoms with E-state index < -0.39 is 4.92 Å². The van der Waals surface area contributed by atoms with Crippen molar-refractivity contribution >= 4 is 23.1 Å². The summed E-state index contributed by atoms with van der Waals surface area (Å²) >= 11 is 5.89. The van der Waals surface area contributed by atoms with Gasteiger partial charge >= 0.3 is 0 Å². The zero-order valence-electron chi connectivity index (χ0n) is 9.62. The number of ether oxygens (including phenoxy) is 1. The standard InChI is InChI=1S/C11H9ClN4O3/c12-9-2-1-8(16(17)18)3-10(9)19-6-7-4-15-11(13)5-14-7/h1-5H,6H2,(H2,13,15). The van der Waals surface area contributed by atoms with Crippen molar-refractivity contribution in [2.24, 2.45) is 0 Å². The second-order valence-electron chi connectivity index (χ2n) is 3.59. The topological polar surface area (TPSA) is 104 Å². The highest BCUT2D eigenvalue weighted by molar-refractivity contribution is 6.32. The van der Waals surface area contributed by atoms with Crippen molar-refractivity contribution in [3.63, 3.8) is 0 Å². The molecule has 0 bridgehead atoms. The van der Waals surface area contributed by atoms with Gasteiger partial charge in [0, 0.05) is 6.07 Å². The van der Waals surface area contributed by atoms with Crippen LogP contribution in [0.25, 0.3) is 0 Å². The van der Waals surface area contributed by atoms with Gasteiger partial charge in [0.25, 0.3) is 5.69 Å². The lowest BCUT2D eigenvalue weighted by molar-refractivity contribution is -0.384. The summed E-state index contributed by atoms with van der Waals surface area (Å²) in [5.74, 6) is 0.520. The van der Waals surface area contributed by atoms with Crippen molar-refractivity contribution in [2.45, 2.75) is 6.61 Å². The first-order chi connectivity index (χ1) is 9.06. The molecular formula is C11H9ClN4O3. The van der Waals surface area contributed by atoms with Gasteiger partial charge < -0.3 is 10.5 Å². The predicted octanol–water partition coefficient (Wildman–Crippen LogP) is 2.20. The lowest BCUT2D eigenvalue weighted by Gasteiger charge is -2.07. The lowest BCUT2D eigenvalue weighted by atomic mass is 10.3. The number of hydrogen-bond donors (Lipinski definition) is 1. The zero-order valence-corrected chi connectivity index (χ0v) is 10.4. The van der Waals surface area contributed by atoms with E-state index in [0.717, 1.165) is 0 Å². The molecule has 2 rings (SSSR count). The summed E-state index contributed by atoms with van der Waals surface area (Å²) in [5.41, 5.74) is 5.84. The Morgan fingerprint density at radius 3 is 2.79 bits per heavy atom. The summed E-state index contributed by atoms with van der Waals surface area (Å²) in [6.45, 7) is 0.0914. The Balaban J connectivity index is 2.12. The summed E-state index contributed by atoms with van der Waals surface area (Å²) < 4.78 is 5.37. The quantitative estimate of drug-likeness (QED) is 0.680. The highest BCUT2D eigenvalue weighted by Crippen LogP contribution is 2.29. The molecule has 19 heavy (non-hydrogen) atoms. The molecule has 1 aromatic heterocycles. The van der Waals surface area contributed by atoms with Crippen LogP contribution in [-0.2, 0) is 6.61 Å². The van der Waals surface area contributed by atoms with E-state index in [4.69, 9.17) is 22.1 Å². The van der Waals surface area contributed by atoms with E-state index in [2.05, 4.69) is 9.97 Å². The molecule has 0 aliphatic carbocycles. The van der Waals surface area contributed by atoms with Crippen molar-refractivity contribution in [3.8, 4) is 5.75 Å². The Hall–Kier alpha value is -2.41. The second kappa shape index (κ2) is 5.49. The number of nitrogens with two attached hydrogens (primary N) is 1. The number of benzene rings is 1. The smallest absolute Gasteiger partial charge is 0.273 e. The SMILES string of the molecule is Nc1cnc(COc2cc([N+](=O)[O-])ccc2Cl)cn1. The molecule has 2 N–H and O–H groups in total. The number of nitrogens with zero attached hydrogens (tertiary/aromatic N) is 3. The molecule has 0 spiro atoms. The van der Waals surface area contributed by atoms with Crippen molar-refractivity contribution in [3.05, 3.63) is 51.4 Å². The maximum atomic E-state index is 10.6. The van der Waals surface area contributed by atoms with Crippen LogP contribution in [0.5, 0.6) is 5.75 Å². The van der Waals surface area contributed by atoms with Crippen LogP contribution >= 0.6 is 11.6 Å². The lowest BCUT2D eigenvalue weighted by Crippen LogP contribution is -2.01. The number of non-ortho nitro benzene ring substituents is 1. The first-order valence-electron chi connectivity index (χ1n) is 5.19. The highest BCUT2D eigenvalue weighted by atomic mass is 35.5.